The molecule has 0 fully saturated rings. The maximum absolute atomic E-state index is 11.3. The first-order chi connectivity index (χ1) is 12.6. The van der Waals surface area contributed by atoms with Crippen molar-refractivity contribution in [3.8, 4) is 11.4 Å². The molecule has 0 spiro atoms. The lowest BCUT2D eigenvalue weighted by Gasteiger charge is -2.07. The van der Waals surface area contributed by atoms with Crippen molar-refractivity contribution in [2.45, 2.75) is 19.8 Å². The van der Waals surface area contributed by atoms with Gasteiger partial charge < -0.3 is 9.84 Å². The van der Waals surface area contributed by atoms with E-state index >= 15 is 0 Å². The number of carbonyl (C=O) groups is 1. The Morgan fingerprint density at radius 2 is 2.04 bits per heavy atom. The second kappa shape index (κ2) is 8.01. The molecule has 1 aromatic heterocycles. The number of fused-ring (bicyclic) bond motifs is 1. The van der Waals surface area contributed by atoms with Crippen LogP contribution < -0.4 is 0 Å². The number of rotatable bonds is 6. The predicted molar refractivity (Wildman–Crippen MR) is 99.6 cm³/mol. The fourth-order valence-electron chi connectivity index (χ4n) is 2.51. The van der Waals surface area contributed by atoms with Gasteiger partial charge in [0.05, 0.1) is 6.61 Å². The summed E-state index contributed by atoms with van der Waals surface area (Å²) in [6.07, 6.45) is 4.41. The highest BCUT2D eigenvalue weighted by Gasteiger charge is 2.10. The highest BCUT2D eigenvalue weighted by molar-refractivity contribution is 6.31. The maximum Gasteiger partial charge on any atom is 0.330 e. The van der Waals surface area contributed by atoms with Crippen molar-refractivity contribution < 1.29 is 14.6 Å². The zero-order valence-electron chi connectivity index (χ0n) is 14.2. The van der Waals surface area contributed by atoms with E-state index in [-0.39, 0.29) is 11.7 Å². The van der Waals surface area contributed by atoms with E-state index in [1.807, 2.05) is 12.1 Å². The smallest absolute Gasteiger partial charge is 0.330 e. The Balaban J connectivity index is 1.73. The Morgan fingerprint density at radius 1 is 1.23 bits per heavy atom. The van der Waals surface area contributed by atoms with Gasteiger partial charge in [-0.25, -0.2) is 4.79 Å². The minimum absolute atomic E-state index is 0.0830. The number of esters is 1. The molecule has 0 amide bonds. The SMILES string of the molecule is CC=CC(=O)OCCCc1ccc(O)c(-n2nc3ccc(Cl)cc3n2)c1. The van der Waals surface area contributed by atoms with E-state index in [9.17, 15) is 9.90 Å². The standard InChI is InChI=1S/C19H18ClN3O3/c1-2-4-19(25)26-10-3-5-13-6-9-18(24)17(11-13)23-21-15-8-7-14(20)12-16(15)22-23/h2,4,6-9,11-12,24H,3,5,10H2,1H3. The van der Waals surface area contributed by atoms with Crippen molar-refractivity contribution in [1.82, 2.24) is 15.0 Å². The minimum Gasteiger partial charge on any atom is -0.506 e. The molecule has 7 heteroatoms. The van der Waals surface area contributed by atoms with E-state index in [1.54, 1.807) is 37.3 Å². The molecule has 26 heavy (non-hydrogen) atoms. The van der Waals surface area contributed by atoms with Gasteiger partial charge in [0.1, 0.15) is 22.5 Å². The van der Waals surface area contributed by atoms with Crippen LogP contribution in [0.15, 0.2) is 48.6 Å². The lowest BCUT2D eigenvalue weighted by Crippen LogP contribution is -2.04. The first kappa shape index (κ1) is 17.9. The number of ether oxygens (including phenoxy) is 1. The Hall–Kier alpha value is -2.86. The van der Waals surface area contributed by atoms with E-state index in [4.69, 9.17) is 16.3 Å². The minimum atomic E-state index is -0.343. The van der Waals surface area contributed by atoms with Crippen molar-refractivity contribution in [2.75, 3.05) is 6.61 Å². The van der Waals surface area contributed by atoms with Gasteiger partial charge in [0, 0.05) is 11.1 Å². The average Bonchev–Trinajstić information content (AvgIpc) is 3.03. The van der Waals surface area contributed by atoms with Gasteiger partial charge >= 0.3 is 5.97 Å². The fraction of sp³-hybridized carbons (Fsp3) is 0.211. The maximum atomic E-state index is 11.3. The van der Waals surface area contributed by atoms with E-state index in [2.05, 4.69) is 10.2 Å². The van der Waals surface area contributed by atoms with Crippen LogP contribution >= 0.6 is 11.6 Å². The summed E-state index contributed by atoms with van der Waals surface area (Å²) in [5.41, 5.74) is 2.81. The summed E-state index contributed by atoms with van der Waals surface area (Å²) in [4.78, 5) is 12.7. The molecule has 0 aliphatic carbocycles. The van der Waals surface area contributed by atoms with Gasteiger partial charge in [-0.05, 0) is 55.7 Å². The zero-order chi connectivity index (χ0) is 18.5. The number of carbonyl (C=O) groups excluding carboxylic acids is 1. The fourth-order valence-corrected chi connectivity index (χ4v) is 2.68. The molecule has 0 unspecified atom stereocenters. The van der Waals surface area contributed by atoms with E-state index < -0.39 is 0 Å². The number of aromatic nitrogens is 3. The lowest BCUT2D eigenvalue weighted by molar-refractivity contribution is -0.137. The van der Waals surface area contributed by atoms with Crippen molar-refractivity contribution in [3.05, 3.63) is 59.1 Å². The number of hydrogen-bond acceptors (Lipinski definition) is 5. The van der Waals surface area contributed by atoms with Gasteiger partial charge in [0.15, 0.2) is 0 Å². The van der Waals surface area contributed by atoms with Crippen LogP contribution in [0.3, 0.4) is 0 Å². The molecule has 134 valence electrons. The van der Waals surface area contributed by atoms with Gasteiger partial charge in [0.2, 0.25) is 0 Å². The average molecular weight is 372 g/mol. The van der Waals surface area contributed by atoms with Crippen LogP contribution in [-0.4, -0.2) is 32.7 Å². The molecule has 1 N–H and O–H groups in total. The van der Waals surface area contributed by atoms with Crippen LogP contribution in [0.1, 0.15) is 18.9 Å². The Kier molecular flexibility index (Phi) is 5.53. The number of allylic oxidation sites excluding steroid dienone is 1. The highest BCUT2D eigenvalue weighted by atomic mass is 35.5. The van der Waals surface area contributed by atoms with Crippen LogP contribution in [0.2, 0.25) is 5.02 Å². The molecular weight excluding hydrogens is 354 g/mol. The van der Waals surface area contributed by atoms with Crippen LogP contribution in [0.4, 0.5) is 0 Å². The molecule has 0 aliphatic heterocycles. The Morgan fingerprint density at radius 3 is 2.85 bits per heavy atom. The topological polar surface area (TPSA) is 77.2 Å². The van der Waals surface area contributed by atoms with Crippen LogP contribution in [0.5, 0.6) is 5.75 Å². The molecule has 0 bridgehead atoms. The molecule has 6 nitrogen and oxygen atoms in total. The van der Waals surface area contributed by atoms with Crippen LogP contribution in [0.25, 0.3) is 16.7 Å². The molecule has 0 aliphatic rings. The number of benzene rings is 2. The number of nitrogens with zero attached hydrogens (tertiary/aromatic N) is 3. The third kappa shape index (κ3) is 4.21. The molecule has 3 rings (SSSR count). The number of aryl methyl sites for hydroxylation is 1. The summed E-state index contributed by atoms with van der Waals surface area (Å²) in [7, 11) is 0. The molecule has 0 saturated heterocycles. The zero-order valence-corrected chi connectivity index (χ0v) is 15.0. The number of halogens is 1. The van der Waals surface area contributed by atoms with Crippen LogP contribution in [-0.2, 0) is 16.0 Å². The second-order valence-electron chi connectivity index (χ2n) is 5.72. The van der Waals surface area contributed by atoms with Crippen molar-refractivity contribution in [3.63, 3.8) is 0 Å². The van der Waals surface area contributed by atoms with Crippen molar-refractivity contribution in [1.29, 1.82) is 0 Å². The Bertz CT molecular complexity index is 966. The van der Waals surface area contributed by atoms with Gasteiger partial charge in [-0.15, -0.1) is 15.0 Å². The number of phenolic OH excluding ortho intramolecular Hbond substituents is 1. The first-order valence-corrected chi connectivity index (χ1v) is 8.59. The van der Waals surface area contributed by atoms with Gasteiger partial charge in [-0.2, -0.15) is 0 Å². The summed E-state index contributed by atoms with van der Waals surface area (Å²) >= 11 is 5.98. The van der Waals surface area contributed by atoms with E-state index in [0.717, 1.165) is 5.56 Å². The monoisotopic (exact) mass is 371 g/mol. The van der Waals surface area contributed by atoms with Gasteiger partial charge in [0.25, 0.3) is 0 Å². The molecule has 0 radical (unpaired) electrons. The second-order valence-corrected chi connectivity index (χ2v) is 6.15. The van der Waals surface area contributed by atoms with Crippen LogP contribution in [0, 0.1) is 0 Å². The molecular formula is C19H18ClN3O3. The summed E-state index contributed by atoms with van der Waals surface area (Å²) in [5.74, 6) is -0.260. The third-order valence-electron chi connectivity index (χ3n) is 3.75. The molecule has 2 aromatic carbocycles. The predicted octanol–water partition coefficient (Wildman–Crippen LogP) is 3.83. The Labute approximate surface area is 155 Å². The first-order valence-electron chi connectivity index (χ1n) is 8.21. The summed E-state index contributed by atoms with van der Waals surface area (Å²) < 4.78 is 5.08. The van der Waals surface area contributed by atoms with Crippen molar-refractivity contribution in [2.24, 2.45) is 0 Å². The highest BCUT2D eigenvalue weighted by Crippen LogP contribution is 2.24. The molecule has 0 atom stereocenters. The van der Waals surface area contributed by atoms with Gasteiger partial charge in [-0.1, -0.05) is 23.7 Å². The summed E-state index contributed by atoms with van der Waals surface area (Å²) in [6.45, 7) is 2.10. The van der Waals surface area contributed by atoms with E-state index in [0.29, 0.717) is 41.2 Å². The third-order valence-corrected chi connectivity index (χ3v) is 3.99. The summed E-state index contributed by atoms with van der Waals surface area (Å²) in [5, 5.41) is 19.5. The van der Waals surface area contributed by atoms with Gasteiger partial charge in [-0.3, -0.25) is 0 Å². The molecule has 0 saturated carbocycles. The van der Waals surface area contributed by atoms with Crippen molar-refractivity contribution >= 4 is 28.6 Å². The number of phenols is 1. The number of hydrogen-bond donors (Lipinski definition) is 1. The summed E-state index contributed by atoms with van der Waals surface area (Å²) in [6, 6.07) is 10.5. The largest absolute Gasteiger partial charge is 0.506 e. The number of aromatic hydroxyl groups is 1. The lowest BCUT2D eigenvalue weighted by atomic mass is 10.1. The molecule has 3 aromatic rings. The van der Waals surface area contributed by atoms with E-state index in [1.165, 1.54) is 10.9 Å². The normalized spacial score (nSPS) is 11.3. The quantitative estimate of drug-likeness (QED) is 0.405. The molecule has 1 heterocycles.